The first-order chi connectivity index (χ1) is 20.0. The number of carbonyl (C=O) groups excluding carboxylic acids is 1. The molecule has 0 radical (unpaired) electrons. The lowest BCUT2D eigenvalue weighted by Crippen LogP contribution is -2.46. The lowest BCUT2D eigenvalue weighted by molar-refractivity contribution is -0.141. The number of pyridine rings is 1. The van der Waals surface area contributed by atoms with Crippen LogP contribution in [0.2, 0.25) is 0 Å². The van der Waals surface area contributed by atoms with Gasteiger partial charge >= 0.3 is 6.18 Å². The summed E-state index contributed by atoms with van der Waals surface area (Å²) in [5.74, 6) is 0.834. The minimum atomic E-state index is -4.62. The smallest absolute Gasteiger partial charge is 0.433 e. The highest BCUT2D eigenvalue weighted by molar-refractivity contribution is 7.22. The summed E-state index contributed by atoms with van der Waals surface area (Å²) in [6, 6.07) is 9.12. The summed E-state index contributed by atoms with van der Waals surface area (Å²) in [4.78, 5) is 30.6. The van der Waals surface area contributed by atoms with Gasteiger partial charge in [0.1, 0.15) is 23.4 Å². The van der Waals surface area contributed by atoms with Crippen LogP contribution >= 0.6 is 11.3 Å². The number of fused-ring (bicyclic) bond motifs is 1. The van der Waals surface area contributed by atoms with Crippen LogP contribution in [-0.4, -0.2) is 69.6 Å². The van der Waals surface area contributed by atoms with Gasteiger partial charge in [-0.25, -0.2) is 19.9 Å². The van der Waals surface area contributed by atoms with E-state index in [1.165, 1.54) is 36.7 Å². The van der Waals surface area contributed by atoms with Gasteiger partial charge < -0.3 is 20.1 Å². The zero-order chi connectivity index (χ0) is 29.9. The van der Waals surface area contributed by atoms with Gasteiger partial charge in [0.2, 0.25) is 11.8 Å². The molecule has 1 aromatic carbocycles. The zero-order valence-electron chi connectivity index (χ0n) is 23.2. The molecule has 0 bridgehead atoms. The van der Waals surface area contributed by atoms with E-state index in [1.807, 2.05) is 6.07 Å². The summed E-state index contributed by atoms with van der Waals surface area (Å²) in [6.45, 7) is 8.89. The van der Waals surface area contributed by atoms with Gasteiger partial charge in [-0.3, -0.25) is 9.69 Å². The van der Waals surface area contributed by atoms with Gasteiger partial charge in [-0.05, 0) is 30.2 Å². The monoisotopic (exact) mass is 601 g/mol. The maximum absolute atomic E-state index is 13.6. The second kappa shape index (κ2) is 12.5. The molecule has 0 spiro atoms. The van der Waals surface area contributed by atoms with E-state index in [9.17, 15) is 18.0 Å². The second-order valence-electron chi connectivity index (χ2n) is 10.3. The van der Waals surface area contributed by atoms with Crippen LogP contribution in [-0.2, 0) is 15.7 Å². The number of morpholine rings is 1. The van der Waals surface area contributed by atoms with Gasteiger partial charge in [0.15, 0.2) is 10.9 Å². The molecule has 1 atom stereocenters. The first kappa shape index (κ1) is 29.6. The van der Waals surface area contributed by atoms with Crippen LogP contribution in [0.1, 0.15) is 26.5 Å². The van der Waals surface area contributed by atoms with Crippen molar-refractivity contribution in [3.8, 4) is 22.9 Å². The molecule has 1 saturated heterocycles. The van der Waals surface area contributed by atoms with Crippen molar-refractivity contribution in [3.63, 3.8) is 0 Å². The van der Waals surface area contributed by atoms with Crippen LogP contribution < -0.4 is 15.4 Å². The van der Waals surface area contributed by atoms with Gasteiger partial charge in [0.05, 0.1) is 23.1 Å². The number of hydrogen-bond acceptors (Lipinski definition) is 10. The predicted molar refractivity (Wildman–Crippen MR) is 154 cm³/mol. The molecule has 4 aromatic rings. The Hall–Kier alpha value is -3.88. The summed E-state index contributed by atoms with van der Waals surface area (Å²) < 4.78 is 53.4. The highest BCUT2D eigenvalue weighted by atomic mass is 32.1. The molecule has 0 saturated carbocycles. The predicted octanol–water partition coefficient (Wildman–Crippen LogP) is 5.69. The molecular weight excluding hydrogens is 571 g/mol. The molecule has 3 aromatic heterocycles. The number of thiazole rings is 1. The highest BCUT2D eigenvalue weighted by Crippen LogP contribution is 2.36. The molecule has 5 rings (SSSR count). The number of nitrogens with zero attached hydrogens (tertiary/aromatic N) is 5. The number of anilines is 2. The molecule has 10 nitrogen and oxygen atoms in total. The summed E-state index contributed by atoms with van der Waals surface area (Å²) in [6.07, 6.45) is -3.57. The molecule has 0 aliphatic carbocycles. The van der Waals surface area contributed by atoms with Gasteiger partial charge in [-0.2, -0.15) is 13.2 Å². The third-order valence-corrected chi connectivity index (χ3v) is 7.26. The molecule has 42 heavy (non-hydrogen) atoms. The zero-order valence-corrected chi connectivity index (χ0v) is 24.1. The Balaban J connectivity index is 1.40. The minimum absolute atomic E-state index is 0.0283. The van der Waals surface area contributed by atoms with E-state index >= 15 is 0 Å². The fourth-order valence-electron chi connectivity index (χ4n) is 4.62. The van der Waals surface area contributed by atoms with Gasteiger partial charge in [0.25, 0.3) is 0 Å². The van der Waals surface area contributed by atoms with Crippen molar-refractivity contribution in [2.75, 3.05) is 43.4 Å². The van der Waals surface area contributed by atoms with E-state index in [0.29, 0.717) is 46.7 Å². The molecule has 14 heteroatoms. The normalized spacial score (nSPS) is 16.1. The number of alkyl halides is 3. The van der Waals surface area contributed by atoms with Crippen molar-refractivity contribution in [3.05, 3.63) is 48.4 Å². The number of aromatic nitrogens is 4. The number of benzene rings is 1. The number of ether oxygens (including phenoxy) is 2. The lowest BCUT2D eigenvalue weighted by Gasteiger charge is -2.34. The number of carbonyl (C=O) groups is 1. The minimum Gasteiger partial charge on any atom is -0.437 e. The topological polar surface area (TPSA) is 114 Å². The molecule has 1 amide bonds. The Bertz CT molecular complexity index is 1560. The van der Waals surface area contributed by atoms with Crippen molar-refractivity contribution in [2.24, 2.45) is 5.92 Å². The molecule has 0 unspecified atom stereocenters. The van der Waals surface area contributed by atoms with Crippen LogP contribution in [0, 0.1) is 5.92 Å². The summed E-state index contributed by atoms with van der Waals surface area (Å²) in [5, 5.41) is 6.17. The molecule has 222 valence electrons. The number of amides is 1. The van der Waals surface area contributed by atoms with Crippen molar-refractivity contribution >= 4 is 38.4 Å². The Kier molecular flexibility index (Phi) is 8.85. The summed E-state index contributed by atoms with van der Waals surface area (Å²) in [7, 11) is 0. The van der Waals surface area contributed by atoms with Crippen LogP contribution in [0.3, 0.4) is 0 Å². The second-order valence-corrected chi connectivity index (χ2v) is 11.3. The SMILES string of the molecule is CC(=O)Nc1nc2c(Oc3cc(-c4ccc(C(F)(F)F)nc4NC[C@@H]4CN(CC(C)C)CCO4)ncn3)cccc2s1. The third kappa shape index (κ3) is 7.30. The molecule has 4 heterocycles. The van der Waals surface area contributed by atoms with Gasteiger partial charge in [-0.1, -0.05) is 31.3 Å². The quantitative estimate of drug-likeness (QED) is 0.250. The molecule has 1 aliphatic rings. The number of hydrogen-bond donors (Lipinski definition) is 2. The number of nitrogens with one attached hydrogen (secondary N) is 2. The van der Waals surface area contributed by atoms with Crippen LogP contribution in [0.5, 0.6) is 11.6 Å². The fourth-order valence-corrected chi connectivity index (χ4v) is 5.55. The van der Waals surface area contributed by atoms with Crippen molar-refractivity contribution < 1.29 is 27.4 Å². The highest BCUT2D eigenvalue weighted by Gasteiger charge is 2.33. The van der Waals surface area contributed by atoms with E-state index in [2.05, 4.69) is 49.3 Å². The van der Waals surface area contributed by atoms with Crippen molar-refractivity contribution in [2.45, 2.75) is 33.1 Å². The number of rotatable bonds is 9. The molecule has 1 fully saturated rings. The first-order valence-electron chi connectivity index (χ1n) is 13.4. The Labute approximate surface area is 244 Å². The third-order valence-electron chi connectivity index (χ3n) is 6.33. The number of halogens is 3. The van der Waals surface area contributed by atoms with Crippen LogP contribution in [0.25, 0.3) is 21.5 Å². The Morgan fingerprint density at radius 2 is 2.05 bits per heavy atom. The molecule has 1 aliphatic heterocycles. The van der Waals surface area contributed by atoms with Crippen molar-refractivity contribution in [1.82, 2.24) is 24.8 Å². The van der Waals surface area contributed by atoms with E-state index in [4.69, 9.17) is 9.47 Å². The average molecular weight is 602 g/mol. The van der Waals surface area contributed by atoms with Gasteiger partial charge in [0, 0.05) is 44.7 Å². The standard InChI is InChI=1S/C28H30F3N7O3S/c1-16(2)13-38-9-10-40-18(14-38)12-32-26-19(7-8-23(36-26)28(29,30)31)20-11-24(34-15-33-20)41-21-5-4-6-22-25(21)37-27(42-22)35-17(3)39/h4-8,11,15-16,18H,9-10,12-14H2,1-3H3,(H,32,36)(H,35,37,39)/t18-/m1/s1. The van der Waals surface area contributed by atoms with E-state index in [0.717, 1.165) is 23.9 Å². The number of para-hydroxylation sites is 1. The molecule has 2 N–H and O–H groups in total. The summed E-state index contributed by atoms with van der Waals surface area (Å²) >= 11 is 1.30. The van der Waals surface area contributed by atoms with E-state index < -0.39 is 11.9 Å². The van der Waals surface area contributed by atoms with Crippen molar-refractivity contribution in [1.29, 1.82) is 0 Å². The molecular formula is C28H30F3N7O3S. The first-order valence-corrected chi connectivity index (χ1v) is 14.2. The maximum atomic E-state index is 13.6. The largest absolute Gasteiger partial charge is 0.437 e. The fraction of sp³-hybridized carbons (Fsp3) is 0.393. The average Bonchev–Trinajstić information content (AvgIpc) is 3.34. The van der Waals surface area contributed by atoms with E-state index in [-0.39, 0.29) is 30.3 Å². The Morgan fingerprint density at radius 3 is 2.81 bits per heavy atom. The summed E-state index contributed by atoms with van der Waals surface area (Å²) in [5.41, 5.74) is 0.184. The lowest BCUT2D eigenvalue weighted by atomic mass is 10.1. The maximum Gasteiger partial charge on any atom is 0.433 e. The Morgan fingerprint density at radius 1 is 1.21 bits per heavy atom. The van der Waals surface area contributed by atoms with Gasteiger partial charge in [-0.15, -0.1) is 0 Å². The van der Waals surface area contributed by atoms with Crippen LogP contribution in [0.15, 0.2) is 42.7 Å². The van der Waals surface area contributed by atoms with Crippen LogP contribution in [0.4, 0.5) is 24.1 Å². The van der Waals surface area contributed by atoms with E-state index in [1.54, 1.807) is 12.1 Å².